The molecule has 5 heteroatoms. The van der Waals surface area contributed by atoms with Crippen LogP contribution in [0.2, 0.25) is 0 Å². The summed E-state index contributed by atoms with van der Waals surface area (Å²) in [7, 11) is -4.02. The van der Waals surface area contributed by atoms with Crippen molar-refractivity contribution < 1.29 is 13.0 Å². The molecule has 0 aromatic carbocycles. The van der Waals surface area contributed by atoms with Gasteiger partial charge in [0.1, 0.15) is 0 Å². The Hall–Kier alpha value is -0.390. The summed E-state index contributed by atoms with van der Waals surface area (Å²) < 4.78 is 30.6. The van der Waals surface area contributed by atoms with Crippen LogP contribution >= 0.6 is 11.3 Å². The average Bonchev–Trinajstić information content (AvgIpc) is 2.36. The highest BCUT2D eigenvalue weighted by molar-refractivity contribution is 7.85. The molecule has 0 bridgehead atoms. The first kappa shape index (κ1) is 9.70. The summed E-state index contributed by atoms with van der Waals surface area (Å²) in [5, 5.41) is 3.89. The second kappa shape index (κ2) is 4.02. The third-order valence-electron chi connectivity index (χ3n) is 1.44. The van der Waals surface area contributed by atoms with Crippen LogP contribution in [0.5, 0.6) is 0 Å². The van der Waals surface area contributed by atoms with E-state index in [9.17, 15) is 13.0 Å². The average molecular weight is 205 g/mol. The van der Waals surface area contributed by atoms with Gasteiger partial charge < -0.3 is 4.55 Å². The molecule has 0 aliphatic heterocycles. The van der Waals surface area contributed by atoms with E-state index >= 15 is 0 Å². The molecule has 0 aliphatic rings. The topological polar surface area (TPSA) is 57.2 Å². The third-order valence-corrected chi connectivity index (χ3v) is 2.96. The van der Waals surface area contributed by atoms with Crippen LogP contribution in [0.15, 0.2) is 16.8 Å². The summed E-state index contributed by atoms with van der Waals surface area (Å²) in [6.45, 7) is 0. The fourth-order valence-corrected chi connectivity index (χ4v) is 2.09. The van der Waals surface area contributed by atoms with Crippen LogP contribution in [0.4, 0.5) is 0 Å². The zero-order chi connectivity index (χ0) is 9.03. The molecule has 0 fully saturated rings. The molecule has 1 aromatic rings. The molecule has 0 spiro atoms. The monoisotopic (exact) mass is 205 g/mol. The molecule has 0 N–H and O–H groups in total. The molecule has 1 rings (SSSR count). The van der Waals surface area contributed by atoms with Gasteiger partial charge in [0.05, 0.1) is 10.1 Å². The van der Waals surface area contributed by atoms with Gasteiger partial charge in [0.2, 0.25) is 0 Å². The maximum atomic E-state index is 10.2. The Labute approximate surface area is 75.8 Å². The van der Waals surface area contributed by atoms with Crippen molar-refractivity contribution in [2.24, 2.45) is 0 Å². The molecule has 0 unspecified atom stereocenters. The highest BCUT2D eigenvalue weighted by atomic mass is 32.2. The van der Waals surface area contributed by atoms with Crippen molar-refractivity contribution in [3.05, 3.63) is 22.4 Å². The van der Waals surface area contributed by atoms with Crippen LogP contribution in [0.3, 0.4) is 0 Å². The van der Waals surface area contributed by atoms with E-state index in [1.807, 2.05) is 16.8 Å². The molecule has 0 atom stereocenters. The Bertz CT molecular complexity index is 312. The normalized spacial score (nSPS) is 11.8. The number of aryl methyl sites for hydroxylation is 1. The minimum absolute atomic E-state index is 0.261. The van der Waals surface area contributed by atoms with Crippen molar-refractivity contribution in [2.75, 3.05) is 5.75 Å². The van der Waals surface area contributed by atoms with Gasteiger partial charge in [0.25, 0.3) is 0 Å². The minimum atomic E-state index is -4.02. The van der Waals surface area contributed by atoms with Gasteiger partial charge in [-0.2, -0.15) is 11.3 Å². The molecule has 0 radical (unpaired) electrons. The molecule has 0 saturated heterocycles. The first-order valence-electron chi connectivity index (χ1n) is 3.52. The lowest BCUT2D eigenvalue weighted by Gasteiger charge is -2.04. The molecule has 3 nitrogen and oxygen atoms in total. The van der Waals surface area contributed by atoms with Gasteiger partial charge in [0.15, 0.2) is 0 Å². The number of thiophene rings is 1. The summed E-state index contributed by atoms with van der Waals surface area (Å²) in [5.74, 6) is -0.261. The van der Waals surface area contributed by atoms with Crippen molar-refractivity contribution in [1.82, 2.24) is 0 Å². The third kappa shape index (κ3) is 3.85. The van der Waals surface area contributed by atoms with E-state index < -0.39 is 10.1 Å². The summed E-state index contributed by atoms with van der Waals surface area (Å²) in [6.07, 6.45) is 1.09. The van der Waals surface area contributed by atoms with Gasteiger partial charge in [-0.25, -0.2) is 8.42 Å². The van der Waals surface area contributed by atoms with Crippen LogP contribution in [0.1, 0.15) is 12.0 Å². The lowest BCUT2D eigenvalue weighted by atomic mass is 10.2. The van der Waals surface area contributed by atoms with Crippen LogP contribution in [-0.4, -0.2) is 18.7 Å². The van der Waals surface area contributed by atoms with Crippen LogP contribution < -0.4 is 0 Å². The number of rotatable bonds is 4. The molecule has 68 valence electrons. The molecular formula is C7H9O3S2-. The van der Waals surface area contributed by atoms with Crippen LogP contribution in [0, 0.1) is 0 Å². The molecule has 1 heterocycles. The maximum absolute atomic E-state index is 10.2. The summed E-state index contributed by atoms with van der Waals surface area (Å²) in [4.78, 5) is 0. The first-order valence-corrected chi connectivity index (χ1v) is 6.04. The van der Waals surface area contributed by atoms with Crippen molar-refractivity contribution in [2.45, 2.75) is 12.8 Å². The van der Waals surface area contributed by atoms with Crippen molar-refractivity contribution in [1.29, 1.82) is 0 Å². The second-order valence-electron chi connectivity index (χ2n) is 2.50. The Balaban J connectivity index is 2.29. The Morgan fingerprint density at radius 3 is 2.75 bits per heavy atom. The van der Waals surface area contributed by atoms with Gasteiger partial charge in [-0.3, -0.25) is 0 Å². The Morgan fingerprint density at radius 2 is 2.25 bits per heavy atom. The fourth-order valence-electron chi connectivity index (χ4n) is 0.888. The summed E-state index contributed by atoms with van der Waals surface area (Å²) >= 11 is 1.57. The highest BCUT2D eigenvalue weighted by Gasteiger charge is 1.97. The lowest BCUT2D eigenvalue weighted by Crippen LogP contribution is -2.04. The molecular weight excluding hydrogens is 196 g/mol. The molecule has 12 heavy (non-hydrogen) atoms. The number of hydrogen-bond donors (Lipinski definition) is 0. The summed E-state index contributed by atoms with van der Waals surface area (Å²) in [6, 6.07) is 1.93. The van der Waals surface area contributed by atoms with E-state index in [2.05, 4.69) is 0 Å². The van der Waals surface area contributed by atoms with Crippen molar-refractivity contribution in [3.63, 3.8) is 0 Å². The molecule has 1 aromatic heterocycles. The molecule has 0 aliphatic carbocycles. The van der Waals surface area contributed by atoms with Crippen LogP contribution in [0.25, 0.3) is 0 Å². The predicted octanol–water partition coefficient (Wildman–Crippen LogP) is 1.23. The van der Waals surface area contributed by atoms with Gasteiger partial charge in [-0.05, 0) is 35.2 Å². The maximum Gasteiger partial charge on any atom is 0.0946 e. The molecule has 0 amide bonds. The van der Waals surface area contributed by atoms with Gasteiger partial charge >= 0.3 is 0 Å². The molecule has 0 saturated carbocycles. The van der Waals surface area contributed by atoms with Gasteiger partial charge in [-0.15, -0.1) is 0 Å². The Morgan fingerprint density at radius 1 is 1.50 bits per heavy atom. The summed E-state index contributed by atoms with van der Waals surface area (Å²) in [5.41, 5.74) is 1.10. The predicted molar refractivity (Wildman–Crippen MR) is 47.2 cm³/mol. The SMILES string of the molecule is O=S(=O)([O-])CCCc1ccsc1. The van der Waals surface area contributed by atoms with E-state index in [0.29, 0.717) is 12.8 Å². The van der Waals surface area contributed by atoms with E-state index in [4.69, 9.17) is 0 Å². The van der Waals surface area contributed by atoms with Crippen LogP contribution in [-0.2, 0) is 16.5 Å². The fraction of sp³-hybridized carbons (Fsp3) is 0.429. The quantitative estimate of drug-likeness (QED) is 0.694. The smallest absolute Gasteiger partial charge is 0.0946 e. The van der Waals surface area contributed by atoms with E-state index in [1.165, 1.54) is 0 Å². The Kier molecular flexibility index (Phi) is 3.25. The van der Waals surface area contributed by atoms with Crippen molar-refractivity contribution in [3.8, 4) is 0 Å². The minimum Gasteiger partial charge on any atom is -0.748 e. The van der Waals surface area contributed by atoms with E-state index in [0.717, 1.165) is 5.56 Å². The highest BCUT2D eigenvalue weighted by Crippen LogP contribution is 2.08. The lowest BCUT2D eigenvalue weighted by molar-refractivity contribution is 0.461. The largest absolute Gasteiger partial charge is 0.748 e. The van der Waals surface area contributed by atoms with E-state index in [-0.39, 0.29) is 5.75 Å². The van der Waals surface area contributed by atoms with Gasteiger partial charge in [-0.1, -0.05) is 0 Å². The standard InChI is InChI=1S/C7H10O3S2/c8-12(9,10)5-1-2-7-3-4-11-6-7/h3-4,6H,1-2,5H2,(H,8,9,10)/p-1. The van der Waals surface area contributed by atoms with Gasteiger partial charge in [0, 0.05) is 5.75 Å². The first-order chi connectivity index (χ1) is 5.58. The van der Waals surface area contributed by atoms with E-state index in [1.54, 1.807) is 11.3 Å². The van der Waals surface area contributed by atoms with Crippen molar-refractivity contribution >= 4 is 21.5 Å². The zero-order valence-electron chi connectivity index (χ0n) is 6.39. The second-order valence-corrected chi connectivity index (χ2v) is 4.80. The number of hydrogen-bond acceptors (Lipinski definition) is 4. The zero-order valence-corrected chi connectivity index (χ0v) is 8.03.